The van der Waals surface area contributed by atoms with Gasteiger partial charge in [-0.25, -0.2) is 13.6 Å². The average molecular weight is 310 g/mol. The lowest BCUT2D eigenvalue weighted by atomic mass is 9.91. The zero-order chi connectivity index (χ0) is 16.5. The lowest BCUT2D eigenvalue weighted by Crippen LogP contribution is -2.33. The van der Waals surface area contributed by atoms with Crippen molar-refractivity contribution in [1.82, 2.24) is 15.2 Å². The van der Waals surface area contributed by atoms with E-state index in [1.54, 1.807) is 13.8 Å². The van der Waals surface area contributed by atoms with E-state index in [0.717, 1.165) is 4.85 Å². The summed E-state index contributed by atoms with van der Waals surface area (Å²) in [6, 6.07) is 2.50. The van der Waals surface area contributed by atoms with E-state index in [2.05, 4.69) is 10.3 Å². The van der Waals surface area contributed by atoms with Gasteiger partial charge in [-0.3, -0.25) is 0 Å². The largest absolute Gasteiger partial charge is 0.396 e. The summed E-state index contributed by atoms with van der Waals surface area (Å²) in [6.07, 6.45) is 1.77. The smallest absolute Gasteiger partial charge is 0.340 e. The molecule has 0 aliphatic heterocycles. The molecule has 0 fully saturated rings. The number of aromatic nitrogens is 3. The third kappa shape index (κ3) is 2.90. The normalized spacial score (nSPS) is 11.5. The molecule has 0 unspecified atom stereocenters. The van der Waals surface area contributed by atoms with Gasteiger partial charge < -0.3 is 10.6 Å². The summed E-state index contributed by atoms with van der Waals surface area (Å²) in [5.74, 6) is -2.79. The number of benzene rings is 1. The summed E-state index contributed by atoms with van der Waals surface area (Å²) < 4.78 is 27.3. The number of halogens is 2. The molecule has 0 amide bonds. The lowest BCUT2D eigenvalue weighted by molar-refractivity contribution is -0.156. The second-order valence-electron chi connectivity index (χ2n) is 5.45. The van der Waals surface area contributed by atoms with E-state index < -0.39 is 23.0 Å². The molecule has 2 aromatic rings. The average Bonchev–Trinajstić information content (AvgIpc) is 2.93. The van der Waals surface area contributed by atoms with Crippen molar-refractivity contribution >= 4 is 11.7 Å². The van der Waals surface area contributed by atoms with Crippen LogP contribution >= 0.6 is 0 Å². The maximum Gasteiger partial charge on any atom is 0.340 e. The number of carbonyl (C=O) groups is 1. The molecule has 118 valence electrons. The molecule has 2 N–H and O–H groups in total. The van der Waals surface area contributed by atoms with E-state index in [-0.39, 0.29) is 16.9 Å². The molecule has 22 heavy (non-hydrogen) atoms. The van der Waals surface area contributed by atoms with E-state index in [1.165, 1.54) is 18.3 Å². The van der Waals surface area contributed by atoms with Crippen LogP contribution in [0.15, 0.2) is 18.3 Å². The van der Waals surface area contributed by atoms with Crippen molar-refractivity contribution < 1.29 is 18.4 Å². The molecule has 0 aliphatic carbocycles. The number of nitrogen functional groups attached to an aromatic ring is 1. The molecule has 6 nitrogen and oxygen atoms in total. The van der Waals surface area contributed by atoms with Crippen LogP contribution in [0.1, 0.15) is 27.2 Å². The molecule has 0 spiro atoms. The summed E-state index contributed by atoms with van der Waals surface area (Å²) in [7, 11) is 0. The fraction of sp³-hybridized carbons (Fsp3) is 0.357. The van der Waals surface area contributed by atoms with Crippen LogP contribution in [0.5, 0.6) is 0 Å². The molecule has 2 rings (SSSR count). The van der Waals surface area contributed by atoms with E-state index in [9.17, 15) is 13.6 Å². The minimum Gasteiger partial charge on any atom is -0.396 e. The Labute approximate surface area is 125 Å². The van der Waals surface area contributed by atoms with Gasteiger partial charge in [0.05, 0.1) is 17.3 Å². The van der Waals surface area contributed by atoms with Crippen LogP contribution in [0.4, 0.5) is 14.5 Å². The van der Waals surface area contributed by atoms with Gasteiger partial charge in [-0.2, -0.15) is 0 Å². The lowest BCUT2D eigenvalue weighted by Gasteiger charge is -2.18. The quantitative estimate of drug-likeness (QED) is 0.691. The zero-order valence-corrected chi connectivity index (χ0v) is 12.4. The van der Waals surface area contributed by atoms with Gasteiger partial charge in [0.2, 0.25) is 0 Å². The van der Waals surface area contributed by atoms with Crippen molar-refractivity contribution in [3.05, 3.63) is 30.0 Å². The van der Waals surface area contributed by atoms with E-state index in [4.69, 9.17) is 10.6 Å². The number of nitrogens with two attached hydrogens (primary N) is 1. The fourth-order valence-corrected chi connectivity index (χ4v) is 1.53. The van der Waals surface area contributed by atoms with Gasteiger partial charge in [-0.15, -0.1) is 5.10 Å². The van der Waals surface area contributed by atoms with Crippen LogP contribution < -0.4 is 10.6 Å². The Morgan fingerprint density at radius 2 is 2.05 bits per heavy atom. The predicted molar refractivity (Wildman–Crippen MR) is 75.4 cm³/mol. The second-order valence-corrected chi connectivity index (χ2v) is 5.45. The molecular weight excluding hydrogens is 294 g/mol. The number of hydrogen-bond acceptors (Lipinski definition) is 5. The highest BCUT2D eigenvalue weighted by Gasteiger charge is 2.28. The summed E-state index contributed by atoms with van der Waals surface area (Å²) >= 11 is 0. The highest BCUT2D eigenvalue weighted by atomic mass is 19.2. The van der Waals surface area contributed by atoms with Crippen molar-refractivity contribution in [3.63, 3.8) is 0 Å². The van der Waals surface area contributed by atoms with Crippen LogP contribution in [0, 0.1) is 17.0 Å². The summed E-state index contributed by atoms with van der Waals surface area (Å²) in [5, 5.41) is 7.24. The minimum atomic E-state index is -1.16. The van der Waals surface area contributed by atoms with Gasteiger partial charge in [-0.05, 0) is 37.6 Å². The standard InChI is InChI=1S/C14H16F2N4O2/c1-4-14(2,3)13(21)22-20-7-10(18-19-20)8-5-6-9(17)12(16)11(8)15/h5-7H,4,17H2,1-3H3. The van der Waals surface area contributed by atoms with Gasteiger partial charge in [0.25, 0.3) is 0 Å². The Balaban J connectivity index is 2.26. The first-order valence-corrected chi connectivity index (χ1v) is 6.65. The number of hydrogen-bond donors (Lipinski definition) is 1. The fourth-order valence-electron chi connectivity index (χ4n) is 1.53. The molecule has 1 aromatic heterocycles. The molecule has 0 atom stereocenters. The van der Waals surface area contributed by atoms with Crippen molar-refractivity contribution in [1.29, 1.82) is 0 Å². The van der Waals surface area contributed by atoms with Crippen LogP contribution in [0.25, 0.3) is 11.3 Å². The van der Waals surface area contributed by atoms with Crippen molar-refractivity contribution in [3.8, 4) is 11.3 Å². The highest BCUT2D eigenvalue weighted by Crippen LogP contribution is 2.26. The predicted octanol–water partition coefficient (Wildman–Crippen LogP) is 2.20. The third-order valence-electron chi connectivity index (χ3n) is 3.47. The Bertz CT molecular complexity index is 713. The first-order chi connectivity index (χ1) is 10.3. The molecule has 0 aliphatic rings. The minimum absolute atomic E-state index is 0.0264. The SMILES string of the molecule is CCC(C)(C)C(=O)On1cc(-c2ccc(N)c(F)c2F)nn1. The molecule has 0 saturated carbocycles. The number of nitrogens with zero attached hydrogens (tertiary/aromatic N) is 3. The Morgan fingerprint density at radius 1 is 1.36 bits per heavy atom. The summed E-state index contributed by atoms with van der Waals surface area (Å²) in [5.41, 5.74) is 4.19. The van der Waals surface area contributed by atoms with Crippen molar-refractivity contribution in [2.24, 2.45) is 5.41 Å². The van der Waals surface area contributed by atoms with Gasteiger partial charge in [0, 0.05) is 5.56 Å². The van der Waals surface area contributed by atoms with Crippen LogP contribution in [-0.2, 0) is 4.79 Å². The molecule has 0 saturated heterocycles. The van der Waals surface area contributed by atoms with Crippen LogP contribution in [0.3, 0.4) is 0 Å². The topological polar surface area (TPSA) is 83.0 Å². The van der Waals surface area contributed by atoms with E-state index in [0.29, 0.717) is 6.42 Å². The first-order valence-electron chi connectivity index (χ1n) is 6.65. The van der Waals surface area contributed by atoms with E-state index >= 15 is 0 Å². The number of carbonyl (C=O) groups excluding carboxylic acids is 1. The number of rotatable bonds is 4. The summed E-state index contributed by atoms with van der Waals surface area (Å²) in [6.45, 7) is 5.30. The third-order valence-corrected chi connectivity index (χ3v) is 3.47. The molecule has 0 radical (unpaired) electrons. The Morgan fingerprint density at radius 3 is 2.68 bits per heavy atom. The molecule has 1 heterocycles. The molecule has 0 bridgehead atoms. The summed E-state index contributed by atoms with van der Waals surface area (Å²) in [4.78, 5) is 17.8. The molecule has 1 aromatic carbocycles. The molecular formula is C14H16F2N4O2. The van der Waals surface area contributed by atoms with Crippen LogP contribution in [0.2, 0.25) is 0 Å². The molecule has 8 heteroatoms. The first kappa shape index (κ1) is 15.9. The van der Waals surface area contributed by atoms with Gasteiger partial charge in [-0.1, -0.05) is 11.8 Å². The van der Waals surface area contributed by atoms with E-state index in [1.807, 2.05) is 6.92 Å². The van der Waals surface area contributed by atoms with Gasteiger partial charge in [0.1, 0.15) is 5.69 Å². The van der Waals surface area contributed by atoms with Crippen LogP contribution in [-0.4, -0.2) is 21.1 Å². The monoisotopic (exact) mass is 310 g/mol. The van der Waals surface area contributed by atoms with Gasteiger partial charge >= 0.3 is 5.97 Å². The maximum absolute atomic E-state index is 13.8. The maximum atomic E-state index is 13.8. The zero-order valence-electron chi connectivity index (χ0n) is 12.4. The van der Waals surface area contributed by atoms with Crippen molar-refractivity contribution in [2.75, 3.05) is 5.73 Å². The Hall–Kier alpha value is -2.51. The Kier molecular flexibility index (Phi) is 4.11. The number of anilines is 1. The highest BCUT2D eigenvalue weighted by molar-refractivity contribution is 5.76. The van der Waals surface area contributed by atoms with Crippen molar-refractivity contribution in [2.45, 2.75) is 27.2 Å². The van der Waals surface area contributed by atoms with Gasteiger partial charge in [0.15, 0.2) is 11.6 Å². The second kappa shape index (κ2) is 5.70.